The third-order valence-electron chi connectivity index (χ3n) is 4.71. The summed E-state index contributed by atoms with van der Waals surface area (Å²) in [5.41, 5.74) is 18.2. The Hall–Kier alpha value is -1.91. The van der Waals surface area contributed by atoms with Crippen LogP contribution >= 0.6 is 24.8 Å². The fourth-order valence-corrected chi connectivity index (χ4v) is 3.17. The highest BCUT2D eigenvalue weighted by atomic mass is 35.5. The number of hydrogen-bond acceptors (Lipinski definition) is 6. The summed E-state index contributed by atoms with van der Waals surface area (Å²) in [7, 11) is 0. The minimum Gasteiger partial charge on any atom is -0.375 e. The van der Waals surface area contributed by atoms with Gasteiger partial charge in [0.05, 0.1) is 13.2 Å². The molecule has 2 atom stereocenters. The number of halogens is 2. The molecule has 9 nitrogen and oxygen atoms in total. The van der Waals surface area contributed by atoms with Gasteiger partial charge in [-0.1, -0.05) is 30.3 Å². The van der Waals surface area contributed by atoms with Crippen molar-refractivity contribution in [3.8, 4) is 0 Å². The summed E-state index contributed by atoms with van der Waals surface area (Å²) in [5.74, 6) is -0.579. The number of nitrogens with two attached hydrogens (primary N) is 3. The number of benzene rings is 1. The average Bonchev–Trinajstić information content (AvgIpc) is 3.21. The van der Waals surface area contributed by atoms with Gasteiger partial charge in [-0.25, -0.2) is 0 Å². The number of rotatable bonds is 10. The molecule has 1 aliphatic rings. The summed E-state index contributed by atoms with van der Waals surface area (Å²) in [6.45, 7) is 2.04. The largest absolute Gasteiger partial charge is 0.375 e. The van der Waals surface area contributed by atoms with Gasteiger partial charge in [0.25, 0.3) is 0 Å². The Balaban J connectivity index is 0.00000450. The van der Waals surface area contributed by atoms with Crippen LogP contribution in [-0.2, 0) is 20.9 Å². The van der Waals surface area contributed by atoms with Gasteiger partial charge in [0.15, 0.2) is 5.96 Å². The molecule has 1 saturated heterocycles. The van der Waals surface area contributed by atoms with Crippen LogP contribution in [0.4, 0.5) is 0 Å². The van der Waals surface area contributed by atoms with Gasteiger partial charge in [-0.05, 0) is 37.8 Å². The van der Waals surface area contributed by atoms with Gasteiger partial charge in [0.1, 0.15) is 12.1 Å². The van der Waals surface area contributed by atoms with Crippen molar-refractivity contribution in [3.63, 3.8) is 0 Å². The van der Waals surface area contributed by atoms with Crippen molar-refractivity contribution in [3.05, 3.63) is 35.9 Å². The van der Waals surface area contributed by atoms with Crippen LogP contribution in [0.15, 0.2) is 35.3 Å². The summed E-state index contributed by atoms with van der Waals surface area (Å²) in [4.78, 5) is 30.8. The first-order valence-electron chi connectivity index (χ1n) is 10.0. The molecule has 0 unspecified atom stereocenters. The molecular formula is C20H34Cl2N6O3. The zero-order valence-corrected chi connectivity index (χ0v) is 19.2. The standard InChI is InChI=1S/C20H32N6O3.2ClH/c21-10-4-5-11-24-20(23)25-18(27)17-9-6-12-26(17)19(28)16(22)14-29-13-15-7-2-1-3-8-15;;/h1-3,7-8,16-17H,4-6,9-14,21-22H2,(H3,23,24,25,27);2*1H/t16-,17+;;/m1../s1. The van der Waals surface area contributed by atoms with Crippen LogP contribution in [0.1, 0.15) is 31.2 Å². The smallest absolute Gasteiger partial charge is 0.249 e. The molecule has 11 heteroatoms. The van der Waals surface area contributed by atoms with E-state index >= 15 is 0 Å². The highest BCUT2D eigenvalue weighted by molar-refractivity contribution is 6.00. The highest BCUT2D eigenvalue weighted by Gasteiger charge is 2.36. The second kappa shape index (κ2) is 15.8. The van der Waals surface area contributed by atoms with Gasteiger partial charge in [0, 0.05) is 13.1 Å². The Bertz CT molecular complexity index is 693. The number of guanidine groups is 1. The fraction of sp³-hybridized carbons (Fsp3) is 0.550. The van der Waals surface area contributed by atoms with Crippen molar-refractivity contribution in [2.75, 3.05) is 26.2 Å². The Morgan fingerprint density at radius 2 is 1.94 bits per heavy atom. The van der Waals surface area contributed by atoms with Crippen LogP contribution in [0, 0.1) is 0 Å². The van der Waals surface area contributed by atoms with Crippen molar-refractivity contribution in [1.82, 2.24) is 10.2 Å². The number of aliphatic imine (C=N–C) groups is 1. The summed E-state index contributed by atoms with van der Waals surface area (Å²) >= 11 is 0. The number of unbranched alkanes of at least 4 members (excludes halogenated alkanes) is 1. The Morgan fingerprint density at radius 1 is 1.23 bits per heavy atom. The number of amides is 2. The number of likely N-dealkylation sites (tertiary alicyclic amines) is 1. The lowest BCUT2D eigenvalue weighted by atomic mass is 10.2. The second-order valence-electron chi connectivity index (χ2n) is 7.05. The molecule has 31 heavy (non-hydrogen) atoms. The van der Waals surface area contributed by atoms with Gasteiger partial charge < -0.3 is 26.8 Å². The molecule has 1 fully saturated rings. The molecule has 2 amide bonds. The Morgan fingerprint density at radius 3 is 2.61 bits per heavy atom. The Kier molecular flexibility index (Phi) is 14.9. The number of hydrogen-bond donors (Lipinski definition) is 4. The van der Waals surface area contributed by atoms with E-state index in [9.17, 15) is 9.59 Å². The second-order valence-corrected chi connectivity index (χ2v) is 7.05. The highest BCUT2D eigenvalue weighted by Crippen LogP contribution is 2.18. The van der Waals surface area contributed by atoms with E-state index in [1.807, 2.05) is 30.3 Å². The summed E-state index contributed by atoms with van der Waals surface area (Å²) in [6, 6.07) is 8.23. The SMILES string of the molecule is Cl.Cl.NCCCCN=C(N)NC(=O)[C@@H]1CCCN1C(=O)[C@H](N)COCc1ccccc1. The molecule has 0 bridgehead atoms. The number of carbonyl (C=O) groups excluding carboxylic acids is 2. The zero-order valence-electron chi connectivity index (χ0n) is 17.6. The first-order chi connectivity index (χ1) is 14.0. The number of nitrogens with one attached hydrogen (secondary N) is 1. The molecule has 0 saturated carbocycles. The lowest BCUT2D eigenvalue weighted by Gasteiger charge is -2.26. The Labute approximate surface area is 196 Å². The van der Waals surface area contributed by atoms with Gasteiger partial charge >= 0.3 is 0 Å². The normalized spacial score (nSPS) is 16.8. The first-order valence-corrected chi connectivity index (χ1v) is 10.0. The van der Waals surface area contributed by atoms with Crippen molar-refractivity contribution in [2.24, 2.45) is 22.2 Å². The van der Waals surface area contributed by atoms with Gasteiger partial charge in [-0.3, -0.25) is 19.9 Å². The van der Waals surface area contributed by atoms with E-state index in [0.717, 1.165) is 24.8 Å². The van der Waals surface area contributed by atoms with Gasteiger partial charge in [-0.15, -0.1) is 24.8 Å². The molecule has 0 spiro atoms. The number of carbonyl (C=O) groups is 2. The topological polar surface area (TPSA) is 149 Å². The molecule has 1 aromatic carbocycles. The van der Waals surface area contributed by atoms with Crippen LogP contribution < -0.4 is 22.5 Å². The molecule has 2 rings (SSSR count). The maximum atomic E-state index is 12.7. The van der Waals surface area contributed by atoms with E-state index in [-0.39, 0.29) is 49.2 Å². The fourth-order valence-electron chi connectivity index (χ4n) is 3.17. The maximum Gasteiger partial charge on any atom is 0.249 e. The van der Waals surface area contributed by atoms with E-state index in [2.05, 4.69) is 10.3 Å². The molecule has 7 N–H and O–H groups in total. The molecule has 1 aromatic rings. The summed E-state index contributed by atoms with van der Waals surface area (Å²) in [5, 5.41) is 2.58. The molecule has 1 heterocycles. The lowest BCUT2D eigenvalue weighted by Crippen LogP contribution is -2.54. The number of ether oxygens (including phenoxy) is 1. The van der Waals surface area contributed by atoms with Crippen molar-refractivity contribution >= 4 is 42.6 Å². The monoisotopic (exact) mass is 476 g/mol. The molecule has 0 aromatic heterocycles. The third-order valence-corrected chi connectivity index (χ3v) is 4.71. The van der Waals surface area contributed by atoms with Crippen LogP contribution in [0.3, 0.4) is 0 Å². The van der Waals surface area contributed by atoms with E-state index in [0.29, 0.717) is 32.7 Å². The first kappa shape index (κ1) is 29.1. The minimum absolute atomic E-state index is 0. The van der Waals surface area contributed by atoms with Crippen LogP contribution in [0.2, 0.25) is 0 Å². The van der Waals surface area contributed by atoms with Crippen molar-refractivity contribution in [2.45, 2.75) is 44.4 Å². The minimum atomic E-state index is -0.825. The molecular weight excluding hydrogens is 443 g/mol. The van der Waals surface area contributed by atoms with E-state index in [4.69, 9.17) is 21.9 Å². The zero-order chi connectivity index (χ0) is 21.1. The van der Waals surface area contributed by atoms with Gasteiger partial charge in [-0.2, -0.15) is 0 Å². The van der Waals surface area contributed by atoms with Crippen molar-refractivity contribution < 1.29 is 14.3 Å². The van der Waals surface area contributed by atoms with E-state index < -0.39 is 12.1 Å². The van der Waals surface area contributed by atoms with Crippen molar-refractivity contribution in [1.29, 1.82) is 0 Å². The lowest BCUT2D eigenvalue weighted by molar-refractivity contribution is -0.140. The van der Waals surface area contributed by atoms with Crippen LogP contribution in [0.25, 0.3) is 0 Å². The summed E-state index contributed by atoms with van der Waals surface area (Å²) in [6.07, 6.45) is 2.95. The average molecular weight is 477 g/mol. The van der Waals surface area contributed by atoms with E-state index in [1.165, 1.54) is 4.90 Å². The third kappa shape index (κ3) is 9.84. The number of nitrogens with zero attached hydrogens (tertiary/aromatic N) is 2. The molecule has 0 radical (unpaired) electrons. The van der Waals surface area contributed by atoms with E-state index in [1.54, 1.807) is 0 Å². The maximum absolute atomic E-state index is 12.7. The molecule has 1 aliphatic heterocycles. The predicted molar refractivity (Wildman–Crippen MR) is 126 cm³/mol. The van der Waals surface area contributed by atoms with Crippen LogP contribution in [0.5, 0.6) is 0 Å². The van der Waals surface area contributed by atoms with Gasteiger partial charge in [0.2, 0.25) is 11.8 Å². The quantitative estimate of drug-likeness (QED) is 0.220. The molecule has 176 valence electrons. The van der Waals surface area contributed by atoms with Crippen LogP contribution in [-0.4, -0.2) is 61.0 Å². The summed E-state index contributed by atoms with van der Waals surface area (Å²) < 4.78 is 5.57. The molecule has 0 aliphatic carbocycles. The predicted octanol–water partition coefficient (Wildman–Crippen LogP) is 0.535.